The van der Waals surface area contributed by atoms with Crippen molar-refractivity contribution in [3.8, 4) is 0 Å². The normalized spacial score (nSPS) is 14.5. The molecule has 7 heteroatoms. The number of anilines is 4. The van der Waals surface area contributed by atoms with Crippen LogP contribution in [0.5, 0.6) is 0 Å². The average molecular weight is 412 g/mol. The summed E-state index contributed by atoms with van der Waals surface area (Å²) >= 11 is 0. The number of hydrogen-bond acceptors (Lipinski definition) is 7. The molecule has 0 spiro atoms. The Morgan fingerprint density at radius 3 is 2.65 bits per heavy atom. The number of aryl methyl sites for hydroxylation is 1. The van der Waals surface area contributed by atoms with Crippen LogP contribution < -0.4 is 10.6 Å². The first-order valence-electron chi connectivity index (χ1n) is 10.5. The van der Waals surface area contributed by atoms with Gasteiger partial charge in [0, 0.05) is 30.5 Å². The summed E-state index contributed by atoms with van der Waals surface area (Å²) in [5, 5.41) is 16.0. The molecule has 0 aliphatic carbocycles. The standard InChI is InChI=1S/C24H24N6O/c1-16-3-2-4-20-21(15-26-30-23(16)20)28-22-9-12-25-24(29-22)27-19-7-5-17(6-8-19)18-10-13-31-14-11-18/h2-9,12,15,18H,10-11,13-14H2,1H3,(H2,25,27,28,29,30). The van der Waals surface area contributed by atoms with Crippen LogP contribution in [0.25, 0.3) is 10.9 Å². The van der Waals surface area contributed by atoms with E-state index >= 15 is 0 Å². The highest BCUT2D eigenvalue weighted by molar-refractivity contribution is 5.93. The van der Waals surface area contributed by atoms with Crippen molar-refractivity contribution in [3.63, 3.8) is 0 Å². The van der Waals surface area contributed by atoms with Crippen molar-refractivity contribution in [1.82, 2.24) is 20.2 Å². The Balaban J connectivity index is 1.32. The summed E-state index contributed by atoms with van der Waals surface area (Å²) < 4.78 is 5.46. The van der Waals surface area contributed by atoms with Crippen molar-refractivity contribution < 1.29 is 4.74 Å². The molecule has 1 fully saturated rings. The largest absolute Gasteiger partial charge is 0.381 e. The fourth-order valence-corrected chi connectivity index (χ4v) is 3.95. The quantitative estimate of drug-likeness (QED) is 0.471. The lowest BCUT2D eigenvalue weighted by molar-refractivity contribution is 0.0853. The van der Waals surface area contributed by atoms with Crippen molar-refractivity contribution in [2.24, 2.45) is 0 Å². The highest BCUT2D eigenvalue weighted by Gasteiger charge is 2.15. The highest BCUT2D eigenvalue weighted by Crippen LogP contribution is 2.29. The maximum Gasteiger partial charge on any atom is 0.229 e. The van der Waals surface area contributed by atoms with Crippen molar-refractivity contribution in [3.05, 3.63) is 72.1 Å². The Morgan fingerprint density at radius 2 is 1.81 bits per heavy atom. The van der Waals surface area contributed by atoms with Crippen LogP contribution in [0.1, 0.15) is 29.9 Å². The third kappa shape index (κ3) is 4.32. The summed E-state index contributed by atoms with van der Waals surface area (Å²) in [7, 11) is 0. The molecule has 0 radical (unpaired) electrons. The minimum atomic E-state index is 0.534. The summed E-state index contributed by atoms with van der Waals surface area (Å²) in [5.41, 5.74) is 5.14. The second-order valence-electron chi connectivity index (χ2n) is 7.75. The van der Waals surface area contributed by atoms with Gasteiger partial charge in [0.25, 0.3) is 0 Å². The first-order valence-corrected chi connectivity index (χ1v) is 10.5. The maximum atomic E-state index is 5.46. The Hall–Kier alpha value is -3.58. The predicted octanol–water partition coefficient (Wildman–Crippen LogP) is 5.11. The molecule has 7 nitrogen and oxygen atoms in total. The fraction of sp³-hybridized carbons (Fsp3) is 0.250. The predicted molar refractivity (Wildman–Crippen MR) is 122 cm³/mol. The number of benzene rings is 2. The lowest BCUT2D eigenvalue weighted by atomic mass is 9.92. The van der Waals surface area contributed by atoms with E-state index in [2.05, 4.69) is 55.1 Å². The van der Waals surface area contributed by atoms with Gasteiger partial charge >= 0.3 is 0 Å². The molecule has 3 heterocycles. The molecule has 156 valence electrons. The van der Waals surface area contributed by atoms with Gasteiger partial charge in [-0.1, -0.05) is 30.3 Å². The number of nitrogens with zero attached hydrogens (tertiary/aromatic N) is 4. The minimum absolute atomic E-state index is 0.534. The number of aromatic nitrogens is 4. The zero-order valence-corrected chi connectivity index (χ0v) is 17.4. The van der Waals surface area contributed by atoms with E-state index in [1.807, 2.05) is 31.2 Å². The van der Waals surface area contributed by atoms with Crippen LogP contribution in [0.2, 0.25) is 0 Å². The Kier molecular flexibility index (Phi) is 5.41. The van der Waals surface area contributed by atoms with Crippen molar-refractivity contribution in [2.45, 2.75) is 25.7 Å². The molecular weight excluding hydrogens is 388 g/mol. The third-order valence-electron chi connectivity index (χ3n) is 5.65. The lowest BCUT2D eigenvalue weighted by Crippen LogP contribution is -2.13. The zero-order valence-electron chi connectivity index (χ0n) is 17.4. The number of nitrogens with one attached hydrogen (secondary N) is 2. The first kappa shape index (κ1) is 19.4. The molecule has 0 saturated carbocycles. The zero-order chi connectivity index (χ0) is 21.0. The van der Waals surface area contributed by atoms with Gasteiger partial charge in [0.05, 0.1) is 17.4 Å². The van der Waals surface area contributed by atoms with Gasteiger partial charge in [-0.3, -0.25) is 0 Å². The molecule has 1 saturated heterocycles. The van der Waals surface area contributed by atoms with Gasteiger partial charge in [0.2, 0.25) is 5.95 Å². The number of rotatable bonds is 5. The van der Waals surface area contributed by atoms with Crippen LogP contribution in [0.4, 0.5) is 23.1 Å². The molecule has 2 aromatic carbocycles. The molecular formula is C24H24N6O. The summed E-state index contributed by atoms with van der Waals surface area (Å²) in [5.74, 6) is 1.80. The SMILES string of the molecule is Cc1cccc2c(Nc3ccnc(Nc4ccc(C5CCOCC5)cc4)n3)cnnc12. The smallest absolute Gasteiger partial charge is 0.229 e. The van der Waals surface area contributed by atoms with Crippen LogP contribution in [0.15, 0.2) is 60.9 Å². The van der Waals surface area contributed by atoms with E-state index in [4.69, 9.17) is 4.74 Å². The monoisotopic (exact) mass is 412 g/mol. The van der Waals surface area contributed by atoms with E-state index in [0.29, 0.717) is 17.7 Å². The Bertz CT molecular complexity index is 1190. The van der Waals surface area contributed by atoms with Gasteiger partial charge < -0.3 is 15.4 Å². The van der Waals surface area contributed by atoms with Gasteiger partial charge in [-0.25, -0.2) is 4.98 Å². The molecule has 0 unspecified atom stereocenters. The Morgan fingerprint density at radius 1 is 0.968 bits per heavy atom. The van der Waals surface area contributed by atoms with Crippen LogP contribution in [-0.2, 0) is 4.74 Å². The first-order chi connectivity index (χ1) is 15.3. The molecule has 1 aliphatic rings. The van der Waals surface area contributed by atoms with E-state index in [9.17, 15) is 0 Å². The van der Waals surface area contributed by atoms with Gasteiger partial charge in [-0.2, -0.15) is 15.2 Å². The summed E-state index contributed by atoms with van der Waals surface area (Å²) in [6.07, 6.45) is 5.62. The van der Waals surface area contributed by atoms with Crippen LogP contribution in [-0.4, -0.2) is 33.4 Å². The molecule has 0 bridgehead atoms. The van der Waals surface area contributed by atoms with Gasteiger partial charge in [-0.05, 0) is 55.0 Å². The molecule has 2 aromatic heterocycles. The van der Waals surface area contributed by atoms with Gasteiger partial charge in [0.15, 0.2) is 0 Å². The topological polar surface area (TPSA) is 84.9 Å². The van der Waals surface area contributed by atoms with E-state index in [1.165, 1.54) is 5.56 Å². The van der Waals surface area contributed by atoms with Crippen LogP contribution in [0, 0.1) is 6.92 Å². The van der Waals surface area contributed by atoms with E-state index in [1.54, 1.807) is 12.4 Å². The van der Waals surface area contributed by atoms with Gasteiger partial charge in [-0.15, -0.1) is 0 Å². The second kappa shape index (κ2) is 8.65. The molecule has 0 atom stereocenters. The van der Waals surface area contributed by atoms with E-state index in [-0.39, 0.29) is 0 Å². The molecule has 5 rings (SSSR count). The average Bonchev–Trinajstić information content (AvgIpc) is 2.81. The van der Waals surface area contributed by atoms with Crippen LogP contribution in [0.3, 0.4) is 0 Å². The summed E-state index contributed by atoms with van der Waals surface area (Å²) in [6.45, 7) is 3.72. The number of ether oxygens (including phenoxy) is 1. The number of fused-ring (bicyclic) bond motifs is 1. The minimum Gasteiger partial charge on any atom is -0.381 e. The summed E-state index contributed by atoms with van der Waals surface area (Å²) in [6, 6.07) is 16.4. The van der Waals surface area contributed by atoms with E-state index < -0.39 is 0 Å². The second-order valence-corrected chi connectivity index (χ2v) is 7.75. The molecule has 4 aromatic rings. The van der Waals surface area contributed by atoms with E-state index in [0.717, 1.165) is 53.9 Å². The highest BCUT2D eigenvalue weighted by atomic mass is 16.5. The van der Waals surface area contributed by atoms with Crippen molar-refractivity contribution in [1.29, 1.82) is 0 Å². The third-order valence-corrected chi connectivity index (χ3v) is 5.65. The molecule has 0 amide bonds. The fourth-order valence-electron chi connectivity index (χ4n) is 3.95. The lowest BCUT2D eigenvalue weighted by Gasteiger charge is -2.22. The molecule has 1 aliphatic heterocycles. The maximum absolute atomic E-state index is 5.46. The molecule has 31 heavy (non-hydrogen) atoms. The molecule has 2 N–H and O–H groups in total. The van der Waals surface area contributed by atoms with Gasteiger partial charge in [0.1, 0.15) is 5.82 Å². The van der Waals surface area contributed by atoms with Crippen molar-refractivity contribution in [2.75, 3.05) is 23.8 Å². The summed E-state index contributed by atoms with van der Waals surface area (Å²) in [4.78, 5) is 8.97. The van der Waals surface area contributed by atoms with Crippen molar-refractivity contribution >= 4 is 34.0 Å². The number of hydrogen-bond donors (Lipinski definition) is 2. The van der Waals surface area contributed by atoms with Crippen LogP contribution >= 0.6 is 0 Å². The Labute approximate surface area is 180 Å².